The van der Waals surface area contributed by atoms with Crippen molar-refractivity contribution in [1.82, 2.24) is 19.4 Å². The Hall–Kier alpha value is -3.56. The lowest BCUT2D eigenvalue weighted by atomic mass is 9.87. The summed E-state index contributed by atoms with van der Waals surface area (Å²) < 4.78 is 20.6. The number of carbonyl (C=O) groups excluding carboxylic acids is 2. The molecule has 2 fully saturated rings. The molecular formula is C34H39FN4O3S. The van der Waals surface area contributed by atoms with Gasteiger partial charge in [-0.05, 0) is 111 Å². The van der Waals surface area contributed by atoms with Crippen LogP contribution < -0.4 is 0 Å². The van der Waals surface area contributed by atoms with E-state index in [9.17, 15) is 14.0 Å². The van der Waals surface area contributed by atoms with Crippen molar-refractivity contribution >= 4 is 34.2 Å². The van der Waals surface area contributed by atoms with Gasteiger partial charge in [0.05, 0.1) is 17.4 Å². The van der Waals surface area contributed by atoms with Gasteiger partial charge in [-0.3, -0.25) is 9.59 Å². The topological polar surface area (TPSA) is 67.7 Å². The first kappa shape index (κ1) is 29.5. The zero-order valence-corrected chi connectivity index (χ0v) is 25.9. The summed E-state index contributed by atoms with van der Waals surface area (Å²) in [6, 6.07) is 14.7. The van der Waals surface area contributed by atoms with E-state index < -0.39 is 5.60 Å². The minimum absolute atomic E-state index is 0.0223. The van der Waals surface area contributed by atoms with Gasteiger partial charge in [-0.1, -0.05) is 18.2 Å². The normalized spacial score (nSPS) is 20.1. The van der Waals surface area contributed by atoms with Gasteiger partial charge < -0.3 is 19.1 Å². The van der Waals surface area contributed by atoms with Gasteiger partial charge in [0.1, 0.15) is 23.5 Å². The van der Waals surface area contributed by atoms with Crippen LogP contribution in [-0.2, 0) is 16.1 Å². The van der Waals surface area contributed by atoms with Gasteiger partial charge in [0.2, 0.25) is 0 Å². The number of aromatic nitrogens is 2. The molecule has 0 unspecified atom stereocenters. The van der Waals surface area contributed by atoms with Gasteiger partial charge in [-0.25, -0.2) is 9.37 Å². The maximum atomic E-state index is 14.0. The van der Waals surface area contributed by atoms with Gasteiger partial charge in [0, 0.05) is 25.6 Å². The van der Waals surface area contributed by atoms with Crippen molar-refractivity contribution in [3.8, 4) is 0 Å². The fraction of sp³-hybridized carbons (Fsp3) is 0.441. The summed E-state index contributed by atoms with van der Waals surface area (Å²) in [6.07, 6.45) is 3.72. The zero-order chi connectivity index (χ0) is 30.1. The fourth-order valence-electron chi connectivity index (χ4n) is 6.67. The summed E-state index contributed by atoms with van der Waals surface area (Å²) in [5.74, 6) is 0.504. The Morgan fingerprint density at radius 3 is 2.49 bits per heavy atom. The molecular weight excluding hydrogens is 563 g/mol. The third-order valence-corrected chi connectivity index (χ3v) is 9.42. The quantitative estimate of drug-likeness (QED) is 0.232. The molecule has 2 aliphatic heterocycles. The second kappa shape index (κ2) is 12.2. The Bertz CT molecular complexity index is 1570. The van der Waals surface area contributed by atoms with E-state index in [1.807, 2.05) is 56.0 Å². The number of likely N-dealkylation sites (tertiary alicyclic amines) is 2. The van der Waals surface area contributed by atoms with Crippen molar-refractivity contribution in [1.29, 1.82) is 0 Å². The fourth-order valence-corrected chi connectivity index (χ4v) is 7.40. The highest BCUT2D eigenvalue weighted by atomic mass is 32.1. The Labute approximate surface area is 256 Å². The molecule has 2 aromatic carbocycles. The average Bonchev–Trinajstić information content (AvgIpc) is 3.73. The average molecular weight is 603 g/mol. The summed E-state index contributed by atoms with van der Waals surface area (Å²) in [6.45, 7) is 9.86. The minimum atomic E-state index is -0.571. The number of hydrogen-bond acceptors (Lipinski definition) is 6. The van der Waals surface area contributed by atoms with Crippen LogP contribution in [0.5, 0.6) is 0 Å². The molecule has 1 amide bonds. The Balaban J connectivity index is 1.15. The van der Waals surface area contributed by atoms with Crippen LogP contribution in [-0.4, -0.2) is 69.6 Å². The number of benzene rings is 2. The summed E-state index contributed by atoms with van der Waals surface area (Å²) >= 11 is 1.70. The molecule has 2 aliphatic rings. The number of para-hydroxylation sites is 1. The minimum Gasteiger partial charge on any atom is -0.459 e. The van der Waals surface area contributed by atoms with E-state index in [0.29, 0.717) is 36.0 Å². The van der Waals surface area contributed by atoms with Crippen molar-refractivity contribution < 1.29 is 18.7 Å². The number of rotatable bonds is 7. The highest BCUT2D eigenvalue weighted by Crippen LogP contribution is 2.37. The number of fused-ring (bicyclic) bond motifs is 1. The summed E-state index contributed by atoms with van der Waals surface area (Å²) in [7, 11) is 0. The lowest BCUT2D eigenvalue weighted by Crippen LogP contribution is -2.38. The van der Waals surface area contributed by atoms with E-state index >= 15 is 0 Å². The molecule has 226 valence electrons. The molecule has 6 rings (SSSR count). The number of thiophene rings is 1. The second-order valence-electron chi connectivity index (χ2n) is 12.9. The molecule has 2 aromatic heterocycles. The monoisotopic (exact) mass is 602 g/mol. The SMILES string of the molecule is CC(C)(C)OC(=O)Cn1cnc2c(C(=O)N3C[C@@H](CN4CCC(c5ccc(F)cc5)CC4)[C@H](c4ccsc4)C3)cccc21. The van der Waals surface area contributed by atoms with Crippen LogP contribution in [0.15, 0.2) is 65.6 Å². The smallest absolute Gasteiger partial charge is 0.326 e. The van der Waals surface area contributed by atoms with Crippen molar-refractivity contribution in [2.24, 2.45) is 5.92 Å². The Kier molecular flexibility index (Phi) is 8.38. The molecule has 0 N–H and O–H groups in total. The molecule has 2 atom stereocenters. The predicted molar refractivity (Wildman–Crippen MR) is 167 cm³/mol. The van der Waals surface area contributed by atoms with Crippen molar-refractivity contribution in [2.75, 3.05) is 32.7 Å². The summed E-state index contributed by atoms with van der Waals surface area (Å²) in [4.78, 5) is 35.6. The molecule has 0 aliphatic carbocycles. The molecule has 0 radical (unpaired) electrons. The highest BCUT2D eigenvalue weighted by molar-refractivity contribution is 7.08. The number of amides is 1. The first-order valence-corrected chi connectivity index (χ1v) is 16.0. The van der Waals surface area contributed by atoms with E-state index in [4.69, 9.17) is 4.74 Å². The summed E-state index contributed by atoms with van der Waals surface area (Å²) in [5.41, 5.74) is 3.85. The number of hydrogen-bond donors (Lipinski definition) is 0. The highest BCUT2D eigenvalue weighted by Gasteiger charge is 2.38. The molecule has 0 spiro atoms. The first-order chi connectivity index (χ1) is 20.6. The van der Waals surface area contributed by atoms with Crippen LogP contribution >= 0.6 is 11.3 Å². The third-order valence-electron chi connectivity index (χ3n) is 8.72. The lowest BCUT2D eigenvalue weighted by molar-refractivity contribution is -0.155. The van der Waals surface area contributed by atoms with Crippen molar-refractivity contribution in [3.05, 3.63) is 88.1 Å². The zero-order valence-electron chi connectivity index (χ0n) is 25.0. The van der Waals surface area contributed by atoms with E-state index in [-0.39, 0.29) is 30.2 Å². The number of esters is 1. The summed E-state index contributed by atoms with van der Waals surface area (Å²) in [5, 5.41) is 4.33. The predicted octanol–water partition coefficient (Wildman–Crippen LogP) is 6.31. The molecule has 0 saturated carbocycles. The first-order valence-electron chi connectivity index (χ1n) is 15.1. The maximum absolute atomic E-state index is 14.0. The van der Waals surface area contributed by atoms with Crippen LogP contribution in [0.2, 0.25) is 0 Å². The number of piperidine rings is 1. The van der Waals surface area contributed by atoms with Crippen LogP contribution in [0, 0.1) is 11.7 Å². The number of ether oxygens (including phenoxy) is 1. The number of nitrogens with zero attached hydrogens (tertiary/aromatic N) is 4. The van der Waals surface area contributed by atoms with Crippen LogP contribution in [0.1, 0.15) is 66.9 Å². The van der Waals surface area contributed by atoms with Crippen molar-refractivity contribution in [2.45, 2.75) is 57.6 Å². The second-order valence-corrected chi connectivity index (χ2v) is 13.7. The number of imidazole rings is 1. The Morgan fingerprint density at radius 2 is 1.79 bits per heavy atom. The lowest BCUT2D eigenvalue weighted by Gasteiger charge is -2.34. The molecule has 7 nitrogen and oxygen atoms in total. The molecule has 0 bridgehead atoms. The largest absolute Gasteiger partial charge is 0.459 e. The van der Waals surface area contributed by atoms with Gasteiger partial charge in [0.25, 0.3) is 5.91 Å². The van der Waals surface area contributed by atoms with Gasteiger partial charge in [-0.15, -0.1) is 0 Å². The molecule has 4 heterocycles. The van der Waals surface area contributed by atoms with Crippen molar-refractivity contribution in [3.63, 3.8) is 0 Å². The number of halogens is 1. The molecule has 4 aromatic rings. The third kappa shape index (κ3) is 6.68. The van der Waals surface area contributed by atoms with Crippen LogP contribution in [0.4, 0.5) is 4.39 Å². The van der Waals surface area contributed by atoms with Gasteiger partial charge in [-0.2, -0.15) is 11.3 Å². The maximum Gasteiger partial charge on any atom is 0.326 e. The van der Waals surface area contributed by atoms with E-state index in [1.165, 1.54) is 11.1 Å². The molecule has 9 heteroatoms. The van der Waals surface area contributed by atoms with Crippen LogP contribution in [0.3, 0.4) is 0 Å². The molecule has 43 heavy (non-hydrogen) atoms. The molecule has 2 saturated heterocycles. The van der Waals surface area contributed by atoms with E-state index in [2.05, 4.69) is 26.7 Å². The van der Waals surface area contributed by atoms with E-state index in [1.54, 1.807) is 34.4 Å². The Morgan fingerprint density at radius 1 is 1.02 bits per heavy atom. The van der Waals surface area contributed by atoms with E-state index in [0.717, 1.165) is 38.0 Å². The van der Waals surface area contributed by atoms with Crippen LogP contribution in [0.25, 0.3) is 11.0 Å². The standard InChI is InChI=1S/C34H39FN4O3S/c1-34(2,3)42-31(40)20-39-22-36-32-28(5-4-6-30(32)39)33(41)38-18-26(29(19-38)25-13-16-43-21-25)17-37-14-11-24(12-15-37)23-7-9-27(35)10-8-23/h4-10,13,16,21-22,24,26,29H,11-12,14-15,17-20H2,1-3H3/t26-,29+/m1/s1. The van der Waals surface area contributed by atoms with Gasteiger partial charge in [0.15, 0.2) is 0 Å². The van der Waals surface area contributed by atoms with Gasteiger partial charge >= 0.3 is 5.97 Å². The number of carbonyl (C=O) groups is 2.